The second kappa shape index (κ2) is 5.28. The smallest absolute Gasteiger partial charge is 0.388 e. The highest BCUT2D eigenvalue weighted by Gasteiger charge is 2.36. The predicted molar refractivity (Wildman–Crippen MR) is 62.0 cm³/mol. The zero-order valence-corrected chi connectivity index (χ0v) is 9.87. The van der Waals surface area contributed by atoms with Gasteiger partial charge in [-0.05, 0) is 31.0 Å². The van der Waals surface area contributed by atoms with Gasteiger partial charge in [0.2, 0.25) is 0 Å². The minimum Gasteiger partial charge on any atom is -0.388 e. The monoisotopic (exact) mass is 259 g/mol. The van der Waals surface area contributed by atoms with Crippen molar-refractivity contribution in [2.75, 3.05) is 13.1 Å². The summed E-state index contributed by atoms with van der Waals surface area (Å²) >= 11 is 0. The summed E-state index contributed by atoms with van der Waals surface area (Å²) in [4.78, 5) is 0. The summed E-state index contributed by atoms with van der Waals surface area (Å²) in [7, 11) is 0. The Morgan fingerprint density at radius 2 is 2.00 bits per heavy atom. The number of aliphatic hydroxyl groups excluding tert-OH is 1. The van der Waals surface area contributed by atoms with Crippen LogP contribution >= 0.6 is 0 Å². The summed E-state index contributed by atoms with van der Waals surface area (Å²) in [5.74, 6) is -0.151. The van der Waals surface area contributed by atoms with Gasteiger partial charge in [-0.3, -0.25) is 0 Å². The first-order chi connectivity index (χ1) is 8.50. The Kier molecular flexibility index (Phi) is 3.92. The molecule has 100 valence electrons. The van der Waals surface area contributed by atoms with Crippen molar-refractivity contribution in [1.29, 1.82) is 0 Å². The van der Waals surface area contributed by atoms with Crippen molar-refractivity contribution in [3.05, 3.63) is 35.4 Å². The molecule has 2 rings (SSSR count). The maximum atomic E-state index is 12.8. The fraction of sp³-hybridized carbons (Fsp3) is 0.538. The van der Waals surface area contributed by atoms with Gasteiger partial charge in [0.25, 0.3) is 0 Å². The van der Waals surface area contributed by atoms with E-state index in [9.17, 15) is 18.3 Å². The lowest BCUT2D eigenvalue weighted by Crippen LogP contribution is -2.33. The van der Waals surface area contributed by atoms with Crippen LogP contribution in [-0.4, -0.2) is 18.2 Å². The lowest BCUT2D eigenvalue weighted by atomic mass is 9.87. The molecular formula is C13H16F3NO. The van der Waals surface area contributed by atoms with Crippen LogP contribution in [0.1, 0.15) is 30.1 Å². The second-order valence-electron chi connectivity index (χ2n) is 4.64. The zero-order chi connectivity index (χ0) is 13.2. The Hall–Kier alpha value is -1.07. The lowest BCUT2D eigenvalue weighted by molar-refractivity contribution is -0.139. The largest absolute Gasteiger partial charge is 0.416 e. The molecule has 1 saturated heterocycles. The summed E-state index contributed by atoms with van der Waals surface area (Å²) in [5, 5.41) is 13.3. The van der Waals surface area contributed by atoms with Crippen LogP contribution in [-0.2, 0) is 6.18 Å². The normalized spacial score (nSPS) is 22.8. The topological polar surface area (TPSA) is 32.3 Å². The molecule has 0 aromatic heterocycles. The molecule has 0 amide bonds. The van der Waals surface area contributed by atoms with E-state index in [1.54, 1.807) is 0 Å². The third kappa shape index (κ3) is 2.84. The molecule has 0 saturated carbocycles. The number of piperidine rings is 1. The highest BCUT2D eigenvalue weighted by Crippen LogP contribution is 2.37. The minimum absolute atomic E-state index is 0.0151. The van der Waals surface area contributed by atoms with E-state index < -0.39 is 17.8 Å². The zero-order valence-electron chi connectivity index (χ0n) is 9.87. The third-order valence-corrected chi connectivity index (χ3v) is 3.37. The van der Waals surface area contributed by atoms with E-state index in [2.05, 4.69) is 5.32 Å². The minimum atomic E-state index is -4.42. The molecule has 18 heavy (non-hydrogen) atoms. The van der Waals surface area contributed by atoms with Crippen molar-refractivity contribution in [3.8, 4) is 0 Å². The van der Waals surface area contributed by atoms with Crippen LogP contribution in [0.25, 0.3) is 0 Å². The Balaban J connectivity index is 2.26. The molecule has 5 heteroatoms. The summed E-state index contributed by atoms with van der Waals surface area (Å²) in [5.41, 5.74) is -0.748. The average Bonchev–Trinajstić information content (AvgIpc) is 2.38. The predicted octanol–water partition coefficient (Wildman–Crippen LogP) is 2.74. The van der Waals surface area contributed by atoms with Crippen molar-refractivity contribution in [3.63, 3.8) is 0 Å². The maximum Gasteiger partial charge on any atom is 0.416 e. The molecule has 2 unspecified atom stereocenters. The molecule has 2 atom stereocenters. The van der Waals surface area contributed by atoms with Crippen molar-refractivity contribution in [2.24, 2.45) is 5.92 Å². The molecule has 1 aliphatic heterocycles. The fourth-order valence-electron chi connectivity index (χ4n) is 2.42. The van der Waals surface area contributed by atoms with Crippen LogP contribution in [0.15, 0.2) is 24.3 Å². The number of hydrogen-bond donors (Lipinski definition) is 2. The number of nitrogens with one attached hydrogen (secondary N) is 1. The van der Waals surface area contributed by atoms with Gasteiger partial charge in [-0.2, -0.15) is 13.2 Å². The highest BCUT2D eigenvalue weighted by molar-refractivity contribution is 5.32. The molecular weight excluding hydrogens is 243 g/mol. The molecule has 1 heterocycles. The number of aliphatic hydroxyl groups is 1. The summed E-state index contributed by atoms with van der Waals surface area (Å²) in [6, 6.07) is 5.26. The molecule has 1 aliphatic rings. The summed E-state index contributed by atoms with van der Waals surface area (Å²) < 4.78 is 38.5. The van der Waals surface area contributed by atoms with Crippen molar-refractivity contribution < 1.29 is 18.3 Å². The molecule has 0 aliphatic carbocycles. The number of rotatable bonds is 2. The maximum absolute atomic E-state index is 12.8. The first-order valence-electron chi connectivity index (χ1n) is 6.05. The van der Waals surface area contributed by atoms with Crippen LogP contribution in [0, 0.1) is 5.92 Å². The SMILES string of the molecule is OC(c1ccccc1C(F)(F)F)C1CCCNC1. The number of halogens is 3. The number of alkyl halides is 3. The quantitative estimate of drug-likeness (QED) is 0.856. The van der Waals surface area contributed by atoms with E-state index in [4.69, 9.17) is 0 Å². The molecule has 1 aromatic carbocycles. The van der Waals surface area contributed by atoms with Crippen LogP contribution in [0.5, 0.6) is 0 Å². The average molecular weight is 259 g/mol. The van der Waals surface area contributed by atoms with Gasteiger partial charge < -0.3 is 10.4 Å². The molecule has 0 spiro atoms. The van der Waals surface area contributed by atoms with Crippen LogP contribution in [0.4, 0.5) is 13.2 Å². The first-order valence-corrected chi connectivity index (χ1v) is 6.05. The molecule has 2 N–H and O–H groups in total. The molecule has 1 aromatic rings. The lowest BCUT2D eigenvalue weighted by Gasteiger charge is -2.29. The van der Waals surface area contributed by atoms with E-state index in [0.29, 0.717) is 6.54 Å². The van der Waals surface area contributed by atoms with E-state index in [-0.39, 0.29) is 11.5 Å². The van der Waals surface area contributed by atoms with Gasteiger partial charge in [0.05, 0.1) is 11.7 Å². The van der Waals surface area contributed by atoms with Gasteiger partial charge >= 0.3 is 6.18 Å². The highest BCUT2D eigenvalue weighted by atomic mass is 19.4. The second-order valence-corrected chi connectivity index (χ2v) is 4.64. The number of benzene rings is 1. The molecule has 0 bridgehead atoms. The van der Waals surface area contributed by atoms with E-state index in [1.807, 2.05) is 0 Å². The Labute approximate surface area is 104 Å². The molecule has 1 fully saturated rings. The van der Waals surface area contributed by atoms with Gasteiger partial charge in [-0.1, -0.05) is 18.2 Å². The van der Waals surface area contributed by atoms with E-state index in [1.165, 1.54) is 18.2 Å². The fourth-order valence-corrected chi connectivity index (χ4v) is 2.42. The Bertz CT molecular complexity index is 399. The van der Waals surface area contributed by atoms with Crippen molar-refractivity contribution in [1.82, 2.24) is 5.32 Å². The Morgan fingerprint density at radius 1 is 1.28 bits per heavy atom. The van der Waals surface area contributed by atoms with Gasteiger partial charge in [-0.15, -0.1) is 0 Å². The van der Waals surface area contributed by atoms with Crippen LogP contribution in [0.2, 0.25) is 0 Å². The first kappa shape index (κ1) is 13.4. The van der Waals surface area contributed by atoms with Crippen molar-refractivity contribution in [2.45, 2.75) is 25.1 Å². The van der Waals surface area contributed by atoms with Crippen molar-refractivity contribution >= 4 is 0 Å². The Morgan fingerprint density at radius 3 is 2.61 bits per heavy atom. The summed E-state index contributed by atoms with van der Waals surface area (Å²) in [6.45, 7) is 1.43. The summed E-state index contributed by atoms with van der Waals surface area (Å²) in [6.07, 6.45) is -3.84. The van der Waals surface area contributed by atoms with E-state index >= 15 is 0 Å². The molecule has 2 nitrogen and oxygen atoms in total. The van der Waals surface area contributed by atoms with Gasteiger partial charge in [-0.25, -0.2) is 0 Å². The standard InChI is InChI=1S/C13H16F3NO/c14-13(15,16)11-6-2-1-5-10(11)12(18)9-4-3-7-17-8-9/h1-2,5-6,9,12,17-18H,3-4,7-8H2. The van der Waals surface area contributed by atoms with Gasteiger partial charge in [0.1, 0.15) is 0 Å². The third-order valence-electron chi connectivity index (χ3n) is 3.37. The van der Waals surface area contributed by atoms with Gasteiger partial charge in [0.15, 0.2) is 0 Å². The van der Waals surface area contributed by atoms with Crippen LogP contribution < -0.4 is 5.32 Å². The van der Waals surface area contributed by atoms with Crippen LogP contribution in [0.3, 0.4) is 0 Å². The van der Waals surface area contributed by atoms with Gasteiger partial charge in [0, 0.05) is 12.5 Å². The molecule has 0 radical (unpaired) electrons. The number of hydrogen-bond acceptors (Lipinski definition) is 2. The van der Waals surface area contributed by atoms with E-state index in [0.717, 1.165) is 25.5 Å².